The number of aliphatic hydroxyl groups excluding tert-OH is 1. The third-order valence-electron chi connectivity index (χ3n) is 9.60. The number of phenolic OH excluding ortho intramolecular Hbond substituents is 1. The number of carbonyl (C=O) groups excluding carboxylic acids is 3. The first-order chi connectivity index (χ1) is 26.2. The monoisotopic (exact) mass is 763 g/mol. The number of hydrogen-bond donors (Lipinski definition) is 5. The Morgan fingerprint density at radius 1 is 0.982 bits per heavy atom. The second kappa shape index (κ2) is 16.2. The van der Waals surface area contributed by atoms with Gasteiger partial charge in [-0.3, -0.25) is 14.4 Å². The molecule has 0 saturated carbocycles. The maximum atomic E-state index is 14.1. The van der Waals surface area contributed by atoms with Gasteiger partial charge in [0.05, 0.1) is 33.9 Å². The molecule has 1 aliphatic rings. The Morgan fingerprint density at radius 2 is 1.67 bits per heavy atom. The molecule has 0 spiro atoms. The van der Waals surface area contributed by atoms with Crippen LogP contribution in [0.25, 0.3) is 32.8 Å². The molecule has 14 heteroatoms. The Labute approximate surface area is 323 Å². The van der Waals surface area contributed by atoms with Gasteiger partial charge in [-0.15, -0.1) is 21.5 Å². The van der Waals surface area contributed by atoms with Crippen molar-refractivity contribution in [2.75, 3.05) is 18.9 Å². The molecular formula is C41H45N7O6S. The number of aliphatic hydroxyl groups is 1. The number of phenols is 1. The number of carbonyl (C=O) groups is 3. The fraction of sp³-hybridized carbons (Fsp3) is 0.317. The average molecular weight is 764 g/mol. The quantitative estimate of drug-likeness (QED) is 0.118. The minimum Gasteiger partial charge on any atom is -0.507 e. The number of anilines is 1. The highest BCUT2D eigenvalue weighted by Gasteiger charge is 2.44. The maximum absolute atomic E-state index is 14.1. The van der Waals surface area contributed by atoms with Crippen LogP contribution in [0, 0.1) is 12.3 Å². The molecule has 5 aromatic rings. The highest BCUT2D eigenvalue weighted by atomic mass is 32.1. The normalized spacial score (nSPS) is 16.7. The molecule has 1 fully saturated rings. The summed E-state index contributed by atoms with van der Waals surface area (Å²) in [5.41, 5.74) is 12.4. The smallest absolute Gasteiger partial charge is 0.258 e. The van der Waals surface area contributed by atoms with E-state index in [2.05, 4.69) is 25.8 Å². The third kappa shape index (κ3) is 8.93. The van der Waals surface area contributed by atoms with Gasteiger partial charge >= 0.3 is 0 Å². The maximum Gasteiger partial charge on any atom is 0.258 e. The van der Waals surface area contributed by atoms with E-state index in [0.717, 1.165) is 27.3 Å². The van der Waals surface area contributed by atoms with Crippen molar-refractivity contribution >= 4 is 34.9 Å². The first-order valence-corrected chi connectivity index (χ1v) is 18.8. The Bertz CT molecular complexity index is 2170. The molecule has 3 amide bonds. The number of aromatic hydroxyl groups is 1. The van der Waals surface area contributed by atoms with E-state index in [1.165, 1.54) is 4.90 Å². The Morgan fingerprint density at radius 3 is 2.33 bits per heavy atom. The molecule has 3 aromatic carbocycles. The van der Waals surface area contributed by atoms with Gasteiger partial charge < -0.3 is 36.2 Å². The number of nitrogens with zero attached hydrogens (tertiary/aromatic N) is 4. The fourth-order valence-corrected chi connectivity index (χ4v) is 7.36. The van der Waals surface area contributed by atoms with Crippen LogP contribution in [0.5, 0.6) is 11.5 Å². The molecule has 3 heterocycles. The van der Waals surface area contributed by atoms with Gasteiger partial charge in [-0.1, -0.05) is 69.3 Å². The Balaban J connectivity index is 1.07. The summed E-state index contributed by atoms with van der Waals surface area (Å²) in [6, 6.07) is 21.0. The number of benzene rings is 3. The summed E-state index contributed by atoms with van der Waals surface area (Å²) in [4.78, 5) is 47.7. The van der Waals surface area contributed by atoms with Crippen LogP contribution < -0.4 is 21.1 Å². The summed E-state index contributed by atoms with van der Waals surface area (Å²) in [5.74, 6) is -0.703. The number of rotatable bonds is 11. The zero-order chi connectivity index (χ0) is 39.4. The summed E-state index contributed by atoms with van der Waals surface area (Å²) in [6.07, 6.45) is -0.815. The molecule has 55 heavy (non-hydrogen) atoms. The third-order valence-corrected chi connectivity index (χ3v) is 10.6. The van der Waals surface area contributed by atoms with Gasteiger partial charge in [0.15, 0.2) is 12.4 Å². The minimum absolute atomic E-state index is 0.0367. The van der Waals surface area contributed by atoms with Crippen LogP contribution in [0.1, 0.15) is 51.4 Å². The first-order valence-electron chi connectivity index (χ1n) is 17.9. The lowest BCUT2D eigenvalue weighted by Crippen LogP contribution is -2.58. The summed E-state index contributed by atoms with van der Waals surface area (Å²) in [6.45, 7) is 8.88. The lowest BCUT2D eigenvalue weighted by molar-refractivity contribution is -0.144. The highest BCUT2D eigenvalue weighted by Crippen LogP contribution is 2.33. The first kappa shape index (κ1) is 38.9. The largest absolute Gasteiger partial charge is 0.507 e. The van der Waals surface area contributed by atoms with E-state index in [9.17, 15) is 24.6 Å². The van der Waals surface area contributed by atoms with Crippen LogP contribution >= 0.6 is 11.3 Å². The van der Waals surface area contributed by atoms with E-state index < -0.39 is 35.4 Å². The van der Waals surface area contributed by atoms with Crippen molar-refractivity contribution in [3.8, 4) is 44.3 Å². The van der Waals surface area contributed by atoms with Crippen LogP contribution in [0.15, 0.2) is 84.4 Å². The van der Waals surface area contributed by atoms with Crippen LogP contribution in [0.4, 0.5) is 5.82 Å². The number of hydrogen-bond acceptors (Lipinski definition) is 11. The van der Waals surface area contributed by atoms with E-state index in [-0.39, 0.29) is 43.1 Å². The number of thiazole rings is 1. The van der Waals surface area contributed by atoms with E-state index in [1.807, 2.05) is 64.4 Å². The lowest BCUT2D eigenvalue weighted by atomic mass is 9.85. The molecule has 2 aromatic heterocycles. The number of likely N-dealkylation sites (tertiary alicyclic amines) is 1. The number of ether oxygens (including phenoxy) is 1. The fourth-order valence-electron chi connectivity index (χ4n) is 6.55. The van der Waals surface area contributed by atoms with Crippen LogP contribution in [-0.2, 0) is 14.4 Å². The minimum atomic E-state index is -1.01. The molecule has 1 saturated heterocycles. The van der Waals surface area contributed by atoms with Crippen molar-refractivity contribution in [3.63, 3.8) is 0 Å². The molecule has 1 aliphatic heterocycles. The topological polar surface area (TPSA) is 193 Å². The standard InChI is InChI=1S/C41H45N7O6S/c1-23(25-10-12-27(13-11-25)36-24(2)43-22-55-36)44-39(52)33-18-28(49)20-48(33)40(53)37(41(3,4)5)45-35(51)21-54-29-16-14-26(15-17-29)31-19-32(46-47-38(31)42)30-8-6-7-9-34(30)50/h6-17,19,22-23,28,33,37,49-50H,18,20-21H2,1-5H3,(H2,42,47)(H,44,52)(H,45,51)/t23-,28+,33-,37+/m0/s1. The molecule has 0 unspecified atom stereocenters. The summed E-state index contributed by atoms with van der Waals surface area (Å²) >= 11 is 1.57. The molecule has 6 N–H and O–H groups in total. The Hall–Kier alpha value is -5.86. The van der Waals surface area contributed by atoms with Gasteiger partial charge in [-0.05, 0) is 66.3 Å². The van der Waals surface area contributed by atoms with E-state index >= 15 is 0 Å². The summed E-state index contributed by atoms with van der Waals surface area (Å²) in [5, 5.41) is 34.9. The van der Waals surface area contributed by atoms with Crippen molar-refractivity contribution in [3.05, 3.63) is 95.6 Å². The number of nitrogens with two attached hydrogens (primary N) is 1. The molecule has 4 atom stereocenters. The molecule has 0 aliphatic carbocycles. The van der Waals surface area contributed by atoms with Crippen LogP contribution in [0.2, 0.25) is 0 Å². The van der Waals surface area contributed by atoms with Crippen LogP contribution in [0.3, 0.4) is 0 Å². The number of aryl methyl sites for hydroxylation is 1. The summed E-state index contributed by atoms with van der Waals surface area (Å²) < 4.78 is 5.78. The van der Waals surface area contributed by atoms with Crippen molar-refractivity contribution in [1.82, 2.24) is 30.7 Å². The predicted octanol–water partition coefficient (Wildman–Crippen LogP) is 5.28. The number of β-amino-alcohol motifs (C(OH)–C–C–N with tert-alkyl or cyclic N) is 1. The van der Waals surface area contributed by atoms with E-state index in [1.54, 1.807) is 65.9 Å². The highest BCUT2D eigenvalue weighted by molar-refractivity contribution is 7.13. The molecule has 6 rings (SSSR count). The molecule has 0 bridgehead atoms. The zero-order valence-electron chi connectivity index (χ0n) is 31.3. The number of nitrogens with one attached hydrogen (secondary N) is 2. The van der Waals surface area contributed by atoms with Crippen LogP contribution in [-0.4, -0.2) is 79.4 Å². The van der Waals surface area contributed by atoms with Crippen molar-refractivity contribution in [1.29, 1.82) is 0 Å². The number of para-hydroxylation sites is 1. The SMILES string of the molecule is Cc1ncsc1-c1ccc([C@H](C)NC(=O)[C@@H]2C[C@@H](O)CN2C(=O)[C@@H](NC(=O)COc2ccc(-c3cc(-c4ccccc4O)nnc3N)cc2)C(C)(C)C)cc1. The van der Waals surface area contributed by atoms with Gasteiger partial charge in [0, 0.05) is 24.1 Å². The number of aromatic nitrogens is 3. The number of nitrogen functional groups attached to an aromatic ring is 1. The lowest BCUT2D eigenvalue weighted by Gasteiger charge is -2.35. The summed E-state index contributed by atoms with van der Waals surface area (Å²) in [7, 11) is 0. The van der Waals surface area contributed by atoms with Gasteiger partial charge in [0.1, 0.15) is 23.6 Å². The van der Waals surface area contributed by atoms with E-state index in [4.69, 9.17) is 10.5 Å². The molecule has 13 nitrogen and oxygen atoms in total. The predicted molar refractivity (Wildman–Crippen MR) is 211 cm³/mol. The van der Waals surface area contributed by atoms with Gasteiger partial charge in [0.25, 0.3) is 5.91 Å². The molecule has 0 radical (unpaired) electrons. The second-order valence-electron chi connectivity index (χ2n) is 14.7. The van der Waals surface area contributed by atoms with Crippen molar-refractivity contribution in [2.24, 2.45) is 5.41 Å². The van der Waals surface area contributed by atoms with E-state index in [0.29, 0.717) is 22.6 Å². The molecule has 286 valence electrons. The van der Waals surface area contributed by atoms with Gasteiger partial charge in [0.2, 0.25) is 11.8 Å². The van der Waals surface area contributed by atoms with Gasteiger partial charge in [-0.2, -0.15) is 0 Å². The number of amides is 3. The Kier molecular flexibility index (Phi) is 11.5. The van der Waals surface area contributed by atoms with Gasteiger partial charge in [-0.25, -0.2) is 4.98 Å². The zero-order valence-corrected chi connectivity index (χ0v) is 32.1. The second-order valence-corrected chi connectivity index (χ2v) is 15.6. The molecular weight excluding hydrogens is 719 g/mol. The van der Waals surface area contributed by atoms with Crippen molar-refractivity contribution < 1.29 is 29.3 Å². The average Bonchev–Trinajstić information content (AvgIpc) is 3.78. The van der Waals surface area contributed by atoms with Crippen molar-refractivity contribution in [2.45, 2.75) is 65.3 Å².